The molecule has 0 aliphatic rings. The van der Waals surface area contributed by atoms with Crippen LogP contribution in [-0.4, -0.2) is 49.7 Å². The minimum atomic E-state index is -0.738. The first-order valence-electron chi connectivity index (χ1n) is 12.7. The molecule has 0 fully saturated rings. The van der Waals surface area contributed by atoms with Gasteiger partial charge in [-0.3, -0.25) is 19.2 Å². The molecular weight excluding hydrogens is 466 g/mol. The van der Waals surface area contributed by atoms with E-state index in [1.807, 2.05) is 27.7 Å². The van der Waals surface area contributed by atoms with Gasteiger partial charge in [-0.1, -0.05) is 40.2 Å². The summed E-state index contributed by atoms with van der Waals surface area (Å²) in [6, 6.07) is 4.08. The normalized spacial score (nSPS) is 13.3. The summed E-state index contributed by atoms with van der Waals surface area (Å²) >= 11 is 0. The first-order chi connectivity index (χ1) is 17.1. The number of hydrogen-bond donors (Lipinski definition) is 1. The third-order valence-electron chi connectivity index (χ3n) is 5.49. The lowest BCUT2D eigenvalue weighted by Gasteiger charge is -2.21. The second kappa shape index (κ2) is 16.7. The van der Waals surface area contributed by atoms with Crippen LogP contribution in [0.15, 0.2) is 18.2 Å². The molecule has 36 heavy (non-hydrogen) atoms. The summed E-state index contributed by atoms with van der Waals surface area (Å²) in [6.07, 6.45) is 2.68. The standard InChI is InChI=1S/C27H41NO8/c1-7-10-24(29)35-22-13-12-20(16-23(22)36-25(30)11-8-2)15-21(27(32)33-6)28-17-19(5)34-26(31)14-18(4)9-3/h12-13,16,18-19,21,28H,7-11,14-15,17H2,1-6H3/t18?,19?,21-/m0/s1. The molecule has 0 spiro atoms. The quantitative estimate of drug-likeness (QED) is 0.260. The molecule has 3 atom stereocenters. The van der Waals surface area contributed by atoms with Crippen molar-refractivity contribution >= 4 is 23.9 Å². The van der Waals surface area contributed by atoms with Crippen LogP contribution in [0.25, 0.3) is 0 Å². The molecule has 0 amide bonds. The van der Waals surface area contributed by atoms with Gasteiger partial charge in [-0.25, -0.2) is 0 Å². The minimum Gasteiger partial charge on any atom is -0.468 e. The van der Waals surface area contributed by atoms with E-state index in [4.69, 9.17) is 18.9 Å². The smallest absolute Gasteiger partial charge is 0.323 e. The van der Waals surface area contributed by atoms with Gasteiger partial charge < -0.3 is 24.3 Å². The van der Waals surface area contributed by atoms with Gasteiger partial charge in [0.1, 0.15) is 12.1 Å². The molecule has 1 rings (SSSR count). The third-order valence-corrected chi connectivity index (χ3v) is 5.49. The fraction of sp³-hybridized carbons (Fsp3) is 0.630. The number of carbonyl (C=O) groups is 4. The van der Waals surface area contributed by atoms with E-state index in [0.29, 0.717) is 24.8 Å². The van der Waals surface area contributed by atoms with E-state index in [1.54, 1.807) is 25.1 Å². The van der Waals surface area contributed by atoms with Gasteiger partial charge in [0.05, 0.1) is 7.11 Å². The summed E-state index contributed by atoms with van der Waals surface area (Å²) in [5, 5.41) is 3.09. The lowest BCUT2D eigenvalue weighted by molar-refractivity contribution is -0.149. The predicted molar refractivity (Wildman–Crippen MR) is 135 cm³/mol. The topological polar surface area (TPSA) is 117 Å². The van der Waals surface area contributed by atoms with Gasteiger partial charge in [0.15, 0.2) is 11.5 Å². The van der Waals surface area contributed by atoms with Gasteiger partial charge in [-0.05, 0) is 49.8 Å². The molecule has 0 radical (unpaired) electrons. The molecule has 1 aromatic carbocycles. The van der Waals surface area contributed by atoms with Crippen LogP contribution in [0.5, 0.6) is 11.5 Å². The Kier molecular flexibility index (Phi) is 14.4. The largest absolute Gasteiger partial charge is 0.468 e. The number of methoxy groups -OCH3 is 1. The van der Waals surface area contributed by atoms with Gasteiger partial charge in [0, 0.05) is 25.8 Å². The van der Waals surface area contributed by atoms with Crippen molar-refractivity contribution in [3.05, 3.63) is 23.8 Å². The zero-order chi connectivity index (χ0) is 27.1. The Morgan fingerprint density at radius 2 is 1.50 bits per heavy atom. The summed E-state index contributed by atoms with van der Waals surface area (Å²) < 4.78 is 21.2. The maximum atomic E-state index is 12.4. The molecule has 0 saturated carbocycles. The van der Waals surface area contributed by atoms with Crippen LogP contribution < -0.4 is 14.8 Å². The highest BCUT2D eigenvalue weighted by molar-refractivity contribution is 5.77. The first kappa shape index (κ1) is 31.1. The van der Waals surface area contributed by atoms with E-state index in [2.05, 4.69) is 5.32 Å². The maximum Gasteiger partial charge on any atom is 0.323 e. The zero-order valence-corrected chi connectivity index (χ0v) is 22.4. The molecule has 0 saturated heterocycles. The number of ether oxygens (including phenoxy) is 4. The van der Waals surface area contributed by atoms with Crippen LogP contribution in [0, 0.1) is 5.92 Å². The SMILES string of the molecule is CCCC(=O)Oc1ccc(C[C@H](NCC(C)OC(=O)CC(C)CC)C(=O)OC)cc1OC(=O)CCC. The minimum absolute atomic E-state index is 0.117. The van der Waals surface area contributed by atoms with E-state index < -0.39 is 30.1 Å². The molecule has 2 unspecified atom stereocenters. The monoisotopic (exact) mass is 507 g/mol. The average Bonchev–Trinajstić information content (AvgIpc) is 2.82. The molecule has 9 nitrogen and oxygen atoms in total. The Bertz CT molecular complexity index is 869. The molecule has 0 bridgehead atoms. The highest BCUT2D eigenvalue weighted by atomic mass is 16.6. The number of nitrogens with one attached hydrogen (secondary N) is 1. The number of rotatable bonds is 16. The summed E-state index contributed by atoms with van der Waals surface area (Å²) in [4.78, 5) is 48.6. The van der Waals surface area contributed by atoms with Gasteiger partial charge in [-0.2, -0.15) is 0 Å². The van der Waals surface area contributed by atoms with Crippen molar-refractivity contribution in [2.45, 2.75) is 91.7 Å². The van der Waals surface area contributed by atoms with E-state index in [0.717, 1.165) is 6.42 Å². The van der Waals surface area contributed by atoms with Crippen LogP contribution in [-0.2, 0) is 35.1 Å². The summed E-state index contributed by atoms with van der Waals surface area (Å²) in [6.45, 7) is 9.72. The van der Waals surface area contributed by atoms with Crippen molar-refractivity contribution in [1.29, 1.82) is 0 Å². The van der Waals surface area contributed by atoms with Crippen molar-refractivity contribution in [1.82, 2.24) is 5.32 Å². The number of hydrogen-bond acceptors (Lipinski definition) is 9. The maximum absolute atomic E-state index is 12.4. The summed E-state index contributed by atoms with van der Waals surface area (Å²) in [5.74, 6) is -1.14. The van der Waals surface area contributed by atoms with Crippen molar-refractivity contribution in [3.8, 4) is 11.5 Å². The molecule has 202 valence electrons. The molecule has 0 heterocycles. The van der Waals surface area contributed by atoms with Crippen molar-refractivity contribution < 1.29 is 38.1 Å². The number of carbonyl (C=O) groups excluding carboxylic acids is 4. The van der Waals surface area contributed by atoms with E-state index in [9.17, 15) is 19.2 Å². The third kappa shape index (κ3) is 11.7. The van der Waals surface area contributed by atoms with Gasteiger partial charge >= 0.3 is 23.9 Å². The van der Waals surface area contributed by atoms with Crippen LogP contribution in [0.2, 0.25) is 0 Å². The Hall–Kier alpha value is -2.94. The van der Waals surface area contributed by atoms with Crippen LogP contribution in [0.1, 0.15) is 78.7 Å². The van der Waals surface area contributed by atoms with Crippen molar-refractivity contribution in [3.63, 3.8) is 0 Å². The van der Waals surface area contributed by atoms with Gasteiger partial charge in [-0.15, -0.1) is 0 Å². The molecule has 1 N–H and O–H groups in total. The first-order valence-corrected chi connectivity index (χ1v) is 12.7. The molecule has 0 aromatic heterocycles. The lowest BCUT2D eigenvalue weighted by atomic mass is 10.0. The van der Waals surface area contributed by atoms with Gasteiger partial charge in [0.2, 0.25) is 0 Å². The van der Waals surface area contributed by atoms with Crippen molar-refractivity contribution in [2.75, 3.05) is 13.7 Å². The highest BCUT2D eigenvalue weighted by Crippen LogP contribution is 2.30. The molecular formula is C27H41NO8. The molecule has 1 aromatic rings. The van der Waals surface area contributed by atoms with Crippen molar-refractivity contribution in [2.24, 2.45) is 5.92 Å². The summed E-state index contributed by atoms with van der Waals surface area (Å²) in [7, 11) is 1.29. The van der Waals surface area contributed by atoms with Crippen LogP contribution in [0.3, 0.4) is 0 Å². The Morgan fingerprint density at radius 1 is 0.889 bits per heavy atom. The predicted octanol–water partition coefficient (Wildman–Crippen LogP) is 4.14. The summed E-state index contributed by atoms with van der Waals surface area (Å²) in [5.41, 5.74) is 0.661. The van der Waals surface area contributed by atoms with E-state index >= 15 is 0 Å². The fourth-order valence-corrected chi connectivity index (χ4v) is 3.27. The van der Waals surface area contributed by atoms with Crippen LogP contribution in [0.4, 0.5) is 0 Å². The van der Waals surface area contributed by atoms with E-state index in [-0.39, 0.29) is 49.2 Å². The average molecular weight is 508 g/mol. The Balaban J connectivity index is 2.96. The Labute approximate surface area is 214 Å². The molecule has 0 aliphatic heterocycles. The second-order valence-corrected chi connectivity index (χ2v) is 8.94. The van der Waals surface area contributed by atoms with Crippen LogP contribution >= 0.6 is 0 Å². The second-order valence-electron chi connectivity index (χ2n) is 8.94. The van der Waals surface area contributed by atoms with Gasteiger partial charge in [0.25, 0.3) is 0 Å². The fourth-order valence-electron chi connectivity index (χ4n) is 3.27. The zero-order valence-electron chi connectivity index (χ0n) is 22.4. The molecule has 9 heteroatoms. The highest BCUT2D eigenvalue weighted by Gasteiger charge is 2.23. The lowest BCUT2D eigenvalue weighted by Crippen LogP contribution is -2.43. The Morgan fingerprint density at radius 3 is 2.06 bits per heavy atom. The number of esters is 4. The number of benzene rings is 1. The van der Waals surface area contributed by atoms with E-state index in [1.165, 1.54) is 7.11 Å². The molecule has 0 aliphatic carbocycles.